The van der Waals surface area contributed by atoms with Crippen LogP contribution in [0.1, 0.15) is 5.56 Å². The highest BCUT2D eigenvalue weighted by Gasteiger charge is 2.51. The maximum absolute atomic E-state index is 12.1. The topological polar surface area (TPSA) is 12.4 Å². The van der Waals surface area contributed by atoms with Gasteiger partial charge in [0.1, 0.15) is 0 Å². The first-order valence-corrected chi connectivity index (χ1v) is 3.79. The second kappa shape index (κ2) is 2.58. The fraction of sp³-hybridized carbons (Fsp3) is 0.222. The summed E-state index contributed by atoms with van der Waals surface area (Å²) in [6.45, 7) is 0. The minimum absolute atomic E-state index is 0.146. The lowest BCUT2D eigenvalue weighted by Gasteiger charge is -2.02. The largest absolute Gasteiger partial charge is 0.416 e. The highest BCUT2D eigenvalue weighted by Crippen LogP contribution is 2.34. The van der Waals surface area contributed by atoms with Crippen LogP contribution < -0.4 is 0 Å². The molecular weight excluding hydrogens is 179 g/mol. The molecule has 68 valence electrons. The molecule has 0 bridgehead atoms. The van der Waals surface area contributed by atoms with Gasteiger partial charge in [0, 0.05) is 0 Å². The molecule has 4 heteroatoms. The summed E-state index contributed by atoms with van der Waals surface area (Å²) in [7, 11) is 0. The molecule has 0 saturated carbocycles. The van der Waals surface area contributed by atoms with Crippen molar-refractivity contribution in [1.82, 2.24) is 0 Å². The predicted molar refractivity (Wildman–Crippen MR) is 42.8 cm³/mol. The van der Waals surface area contributed by atoms with Gasteiger partial charge in [-0.1, -0.05) is 30.3 Å². The predicted octanol–water partition coefficient (Wildman–Crippen LogP) is 2.42. The van der Waals surface area contributed by atoms with E-state index in [-0.39, 0.29) is 5.71 Å². The second-order valence-corrected chi connectivity index (χ2v) is 2.82. The van der Waals surface area contributed by atoms with Crippen molar-refractivity contribution in [2.75, 3.05) is 0 Å². The van der Waals surface area contributed by atoms with Crippen LogP contribution in [-0.2, 0) is 0 Å². The van der Waals surface area contributed by atoms with Crippen molar-refractivity contribution in [3.8, 4) is 0 Å². The van der Waals surface area contributed by atoms with Gasteiger partial charge in [-0.25, -0.2) is 0 Å². The SMILES string of the molecule is FC(F)(F)C1N=C1c1ccccc1. The van der Waals surface area contributed by atoms with Crippen LogP contribution in [0.15, 0.2) is 35.3 Å². The van der Waals surface area contributed by atoms with Gasteiger partial charge in [0.15, 0.2) is 6.04 Å². The summed E-state index contributed by atoms with van der Waals surface area (Å²) in [5.74, 6) is 0. The molecule has 13 heavy (non-hydrogen) atoms. The number of aliphatic imine (C=N–C) groups is 1. The molecule has 1 aliphatic heterocycles. The average molecular weight is 185 g/mol. The van der Waals surface area contributed by atoms with Crippen molar-refractivity contribution in [1.29, 1.82) is 0 Å². The highest BCUT2D eigenvalue weighted by molar-refractivity contribution is 6.13. The first-order valence-electron chi connectivity index (χ1n) is 3.79. The Hall–Kier alpha value is -1.32. The van der Waals surface area contributed by atoms with E-state index in [1.165, 1.54) is 0 Å². The maximum atomic E-state index is 12.1. The van der Waals surface area contributed by atoms with Crippen molar-refractivity contribution in [3.05, 3.63) is 35.9 Å². The van der Waals surface area contributed by atoms with E-state index in [1.807, 2.05) is 0 Å². The number of hydrogen-bond donors (Lipinski definition) is 0. The van der Waals surface area contributed by atoms with Crippen LogP contribution in [0.25, 0.3) is 0 Å². The zero-order valence-corrected chi connectivity index (χ0v) is 6.55. The fourth-order valence-electron chi connectivity index (χ4n) is 1.17. The van der Waals surface area contributed by atoms with Gasteiger partial charge in [0.25, 0.3) is 0 Å². The lowest BCUT2D eigenvalue weighted by atomic mass is 10.1. The Morgan fingerprint density at radius 3 is 2.15 bits per heavy atom. The van der Waals surface area contributed by atoms with E-state index in [4.69, 9.17) is 0 Å². The maximum Gasteiger partial charge on any atom is 0.416 e. The van der Waals surface area contributed by atoms with E-state index in [0.29, 0.717) is 5.56 Å². The monoisotopic (exact) mass is 185 g/mol. The molecule has 1 atom stereocenters. The minimum Gasteiger partial charge on any atom is -0.267 e. The van der Waals surface area contributed by atoms with Crippen molar-refractivity contribution >= 4 is 5.71 Å². The van der Waals surface area contributed by atoms with E-state index in [0.717, 1.165) is 0 Å². The van der Waals surface area contributed by atoms with Gasteiger partial charge in [-0.15, -0.1) is 0 Å². The van der Waals surface area contributed by atoms with E-state index >= 15 is 0 Å². The van der Waals surface area contributed by atoms with Crippen molar-refractivity contribution in [2.45, 2.75) is 12.2 Å². The molecule has 2 rings (SSSR count). The molecule has 1 heterocycles. The average Bonchev–Trinajstić information content (AvgIpc) is 2.83. The van der Waals surface area contributed by atoms with Gasteiger partial charge < -0.3 is 0 Å². The molecule has 0 radical (unpaired) electrons. The molecule has 0 aromatic heterocycles. The Morgan fingerprint density at radius 2 is 1.69 bits per heavy atom. The molecule has 0 aliphatic carbocycles. The van der Waals surface area contributed by atoms with E-state index in [1.54, 1.807) is 30.3 Å². The lowest BCUT2D eigenvalue weighted by Crippen LogP contribution is -2.21. The Labute approximate surface area is 72.9 Å². The third-order valence-corrected chi connectivity index (χ3v) is 1.84. The number of alkyl halides is 3. The quantitative estimate of drug-likeness (QED) is 0.637. The molecule has 0 spiro atoms. The zero-order valence-electron chi connectivity index (χ0n) is 6.55. The highest BCUT2D eigenvalue weighted by atomic mass is 19.4. The normalized spacial score (nSPS) is 21.2. The van der Waals surface area contributed by atoms with Crippen molar-refractivity contribution in [2.24, 2.45) is 4.99 Å². The van der Waals surface area contributed by atoms with Gasteiger partial charge >= 0.3 is 6.18 Å². The Balaban J connectivity index is 2.13. The first-order chi connectivity index (χ1) is 6.09. The van der Waals surface area contributed by atoms with Crippen LogP contribution in [0.4, 0.5) is 13.2 Å². The number of halogens is 3. The lowest BCUT2D eigenvalue weighted by molar-refractivity contribution is -0.124. The Morgan fingerprint density at radius 1 is 1.08 bits per heavy atom. The van der Waals surface area contributed by atoms with Crippen molar-refractivity contribution < 1.29 is 13.2 Å². The number of rotatable bonds is 1. The Bertz CT molecular complexity index is 340. The van der Waals surface area contributed by atoms with E-state index < -0.39 is 12.2 Å². The van der Waals surface area contributed by atoms with Gasteiger partial charge in [-0.05, 0) is 5.56 Å². The molecule has 1 aliphatic rings. The van der Waals surface area contributed by atoms with Gasteiger partial charge in [0.05, 0.1) is 5.71 Å². The summed E-state index contributed by atoms with van der Waals surface area (Å²) in [6.07, 6.45) is -4.22. The van der Waals surface area contributed by atoms with E-state index in [2.05, 4.69) is 4.99 Å². The van der Waals surface area contributed by atoms with Crippen LogP contribution in [0.2, 0.25) is 0 Å². The number of benzene rings is 1. The zero-order chi connectivity index (χ0) is 9.47. The van der Waals surface area contributed by atoms with Gasteiger partial charge in [-0.2, -0.15) is 13.2 Å². The summed E-state index contributed by atoms with van der Waals surface area (Å²) < 4.78 is 36.2. The second-order valence-electron chi connectivity index (χ2n) is 2.82. The van der Waals surface area contributed by atoms with E-state index in [9.17, 15) is 13.2 Å². The standard InChI is InChI=1S/C9H6F3N/c10-9(11,12)8-7(13-8)6-4-2-1-3-5-6/h1-5,8H. The summed E-state index contributed by atoms with van der Waals surface area (Å²) in [4.78, 5) is 3.39. The first kappa shape index (κ1) is 8.29. The van der Waals surface area contributed by atoms with Gasteiger partial charge in [-0.3, -0.25) is 4.99 Å². The van der Waals surface area contributed by atoms with Gasteiger partial charge in [0.2, 0.25) is 0 Å². The third kappa shape index (κ3) is 1.56. The summed E-state index contributed by atoms with van der Waals surface area (Å²) >= 11 is 0. The summed E-state index contributed by atoms with van der Waals surface area (Å²) in [6, 6.07) is 6.85. The Kier molecular flexibility index (Phi) is 1.65. The van der Waals surface area contributed by atoms with Crippen LogP contribution >= 0.6 is 0 Å². The van der Waals surface area contributed by atoms with Crippen LogP contribution in [-0.4, -0.2) is 17.9 Å². The fourth-order valence-corrected chi connectivity index (χ4v) is 1.17. The molecule has 0 saturated heterocycles. The van der Waals surface area contributed by atoms with Crippen LogP contribution in [0.3, 0.4) is 0 Å². The molecule has 0 fully saturated rings. The summed E-state index contributed by atoms with van der Waals surface area (Å²) in [5.41, 5.74) is 0.706. The third-order valence-electron chi connectivity index (χ3n) is 1.84. The molecule has 1 aromatic carbocycles. The molecule has 1 nitrogen and oxygen atoms in total. The molecule has 0 amide bonds. The molecular formula is C9H6F3N. The number of hydrogen-bond acceptors (Lipinski definition) is 1. The molecule has 0 N–H and O–H groups in total. The molecule has 1 unspecified atom stereocenters. The van der Waals surface area contributed by atoms with Crippen molar-refractivity contribution in [3.63, 3.8) is 0 Å². The van der Waals surface area contributed by atoms with Crippen LogP contribution in [0.5, 0.6) is 0 Å². The molecule has 1 aromatic rings. The number of nitrogens with zero attached hydrogens (tertiary/aromatic N) is 1. The summed E-state index contributed by atoms with van der Waals surface area (Å²) in [5, 5.41) is 0. The van der Waals surface area contributed by atoms with Crippen LogP contribution in [0, 0.1) is 0 Å². The minimum atomic E-state index is -4.22. The smallest absolute Gasteiger partial charge is 0.267 e.